The number of esters is 1. The normalized spacial score (nSPS) is 11.5. The molecule has 0 fully saturated rings. The molecular formula is C14H14N2O2Y-2. The van der Waals surface area contributed by atoms with Crippen molar-refractivity contribution in [1.29, 1.82) is 0 Å². The zero-order valence-electron chi connectivity index (χ0n) is 10.7. The quantitative estimate of drug-likeness (QED) is 0.637. The first-order chi connectivity index (χ1) is 8.70. The number of nitrogens with zero attached hydrogens (tertiary/aromatic N) is 2. The maximum Gasteiger partial charge on any atom is 0.358 e. The Morgan fingerprint density at radius 1 is 1.58 bits per heavy atom. The summed E-state index contributed by atoms with van der Waals surface area (Å²) in [4.78, 5) is 15.3. The van der Waals surface area contributed by atoms with E-state index in [9.17, 15) is 4.79 Å². The maximum absolute atomic E-state index is 11.3. The second kappa shape index (κ2) is 7.56. The molecule has 1 atom stereocenters. The van der Waals surface area contributed by atoms with Gasteiger partial charge in [0.25, 0.3) is 0 Å². The summed E-state index contributed by atoms with van der Waals surface area (Å²) >= 11 is 0. The van der Waals surface area contributed by atoms with Crippen molar-refractivity contribution >= 4 is 5.97 Å². The third-order valence-electron chi connectivity index (χ3n) is 2.65. The van der Waals surface area contributed by atoms with Gasteiger partial charge in [0.05, 0.1) is 13.4 Å². The maximum atomic E-state index is 11.3. The van der Waals surface area contributed by atoms with Crippen LogP contribution < -0.4 is 0 Å². The molecule has 4 nitrogen and oxygen atoms in total. The molecule has 97 valence electrons. The molecule has 1 heterocycles. The van der Waals surface area contributed by atoms with E-state index >= 15 is 0 Å². The zero-order chi connectivity index (χ0) is 13.0. The third kappa shape index (κ3) is 4.25. The van der Waals surface area contributed by atoms with Crippen LogP contribution in [0, 0.1) is 13.0 Å². The number of carbonyl (C=O) groups excluding carboxylic acids is 1. The molecule has 0 bridgehead atoms. The average molecular weight is 331 g/mol. The first kappa shape index (κ1) is 16.1. The predicted octanol–water partition coefficient (Wildman–Crippen LogP) is 2.09. The summed E-state index contributed by atoms with van der Waals surface area (Å²) in [5.41, 5.74) is 1.37. The SMILES string of the molecule is [CH2-]C(Cc1[c-]cccc1)n1cnc(C(=O)OC)c1.[Y]. The predicted molar refractivity (Wildman–Crippen MR) is 66.9 cm³/mol. The van der Waals surface area contributed by atoms with Crippen LogP contribution in [0.1, 0.15) is 22.1 Å². The van der Waals surface area contributed by atoms with E-state index in [4.69, 9.17) is 0 Å². The molecule has 5 heteroatoms. The van der Waals surface area contributed by atoms with E-state index in [2.05, 4.69) is 22.7 Å². The fourth-order valence-electron chi connectivity index (χ4n) is 1.66. The van der Waals surface area contributed by atoms with E-state index in [0.717, 1.165) is 12.0 Å². The molecule has 0 saturated heterocycles. The number of methoxy groups -OCH3 is 1. The topological polar surface area (TPSA) is 44.1 Å². The second-order valence-corrected chi connectivity index (χ2v) is 3.94. The minimum Gasteiger partial charge on any atom is -0.464 e. The molecule has 19 heavy (non-hydrogen) atoms. The van der Waals surface area contributed by atoms with Crippen molar-refractivity contribution in [2.75, 3.05) is 7.11 Å². The first-order valence-electron chi connectivity index (χ1n) is 5.61. The fraction of sp³-hybridized carbons (Fsp3) is 0.214. The van der Waals surface area contributed by atoms with Crippen molar-refractivity contribution in [2.45, 2.75) is 12.5 Å². The van der Waals surface area contributed by atoms with Gasteiger partial charge in [-0.15, -0.1) is 0 Å². The van der Waals surface area contributed by atoms with Crippen molar-refractivity contribution in [3.8, 4) is 0 Å². The van der Waals surface area contributed by atoms with Gasteiger partial charge in [-0.05, 0) is 0 Å². The Balaban J connectivity index is 0.00000180. The van der Waals surface area contributed by atoms with Crippen molar-refractivity contribution < 1.29 is 42.2 Å². The molecule has 1 aromatic carbocycles. The third-order valence-corrected chi connectivity index (χ3v) is 2.65. The zero-order valence-corrected chi connectivity index (χ0v) is 13.6. The molecule has 0 aliphatic rings. The Bertz CT molecular complexity index is 525. The van der Waals surface area contributed by atoms with Gasteiger partial charge in [-0.3, -0.25) is 0 Å². The van der Waals surface area contributed by atoms with Crippen LogP contribution in [0.5, 0.6) is 0 Å². The molecule has 0 amide bonds. The molecule has 1 radical (unpaired) electrons. The van der Waals surface area contributed by atoms with Crippen LogP contribution in [-0.4, -0.2) is 22.6 Å². The van der Waals surface area contributed by atoms with Gasteiger partial charge in [0, 0.05) is 38.9 Å². The Labute approximate surface area is 138 Å². The molecule has 2 aromatic rings. The number of benzene rings is 1. The van der Waals surface area contributed by atoms with Crippen molar-refractivity contribution in [3.05, 3.63) is 61.0 Å². The molecule has 1 unspecified atom stereocenters. The van der Waals surface area contributed by atoms with Gasteiger partial charge in [0.2, 0.25) is 0 Å². The summed E-state index contributed by atoms with van der Waals surface area (Å²) in [7, 11) is 1.34. The smallest absolute Gasteiger partial charge is 0.358 e. The Morgan fingerprint density at radius 2 is 2.37 bits per heavy atom. The van der Waals surface area contributed by atoms with E-state index in [1.807, 2.05) is 24.3 Å². The molecule has 0 spiro atoms. The van der Waals surface area contributed by atoms with Crippen LogP contribution in [0.2, 0.25) is 0 Å². The number of rotatable bonds is 4. The van der Waals surface area contributed by atoms with Gasteiger partial charge in [-0.1, -0.05) is 12.5 Å². The summed E-state index contributed by atoms with van der Waals surface area (Å²) in [5.74, 6) is -0.438. The van der Waals surface area contributed by atoms with Gasteiger partial charge in [-0.2, -0.15) is 35.9 Å². The van der Waals surface area contributed by atoms with Gasteiger partial charge in [0.1, 0.15) is 0 Å². The van der Waals surface area contributed by atoms with E-state index in [0.29, 0.717) is 5.69 Å². The van der Waals surface area contributed by atoms with Gasteiger partial charge in [-0.25, -0.2) is 9.78 Å². The number of aromatic nitrogens is 2. The van der Waals surface area contributed by atoms with Gasteiger partial charge >= 0.3 is 5.97 Å². The van der Waals surface area contributed by atoms with Crippen LogP contribution in [-0.2, 0) is 43.9 Å². The van der Waals surface area contributed by atoms with Gasteiger partial charge in [0.15, 0.2) is 5.69 Å². The van der Waals surface area contributed by atoms with E-state index in [1.54, 1.807) is 17.1 Å². The Kier molecular flexibility index (Phi) is 6.39. The summed E-state index contributed by atoms with van der Waals surface area (Å²) in [5, 5.41) is 0. The first-order valence-corrected chi connectivity index (χ1v) is 5.61. The fourth-order valence-corrected chi connectivity index (χ4v) is 1.66. The molecule has 0 aliphatic carbocycles. The molecule has 0 aliphatic heterocycles. The summed E-state index contributed by atoms with van der Waals surface area (Å²) < 4.78 is 6.40. The summed E-state index contributed by atoms with van der Waals surface area (Å²) in [6.45, 7) is 4.05. The van der Waals surface area contributed by atoms with Crippen molar-refractivity contribution in [2.24, 2.45) is 0 Å². The molecule has 2 rings (SSSR count). The van der Waals surface area contributed by atoms with Crippen LogP contribution in [0.25, 0.3) is 0 Å². The molecule has 0 N–H and O–H groups in total. The monoisotopic (exact) mass is 331 g/mol. The van der Waals surface area contributed by atoms with Crippen LogP contribution in [0.15, 0.2) is 36.8 Å². The summed E-state index contributed by atoms with van der Waals surface area (Å²) in [6, 6.07) is 10.9. The van der Waals surface area contributed by atoms with Crippen LogP contribution in [0.3, 0.4) is 0 Å². The summed E-state index contributed by atoms with van der Waals surface area (Å²) in [6.07, 6.45) is 3.97. The van der Waals surface area contributed by atoms with Crippen molar-refractivity contribution in [3.63, 3.8) is 0 Å². The molecule has 0 saturated carbocycles. The van der Waals surface area contributed by atoms with E-state index in [1.165, 1.54) is 7.11 Å². The minimum absolute atomic E-state index is 0. The second-order valence-electron chi connectivity index (χ2n) is 3.94. The van der Waals surface area contributed by atoms with E-state index in [-0.39, 0.29) is 38.8 Å². The number of hydrogen-bond donors (Lipinski definition) is 0. The minimum atomic E-state index is -0.438. The van der Waals surface area contributed by atoms with Crippen molar-refractivity contribution in [1.82, 2.24) is 9.55 Å². The number of imidazole rings is 1. The average Bonchev–Trinajstić information content (AvgIpc) is 2.88. The number of carbonyl (C=O) groups is 1. The van der Waals surface area contributed by atoms with Crippen LogP contribution in [0.4, 0.5) is 0 Å². The Morgan fingerprint density at radius 3 is 3.00 bits per heavy atom. The molecule has 1 aromatic heterocycles. The van der Waals surface area contributed by atoms with Crippen LogP contribution >= 0.6 is 0 Å². The standard InChI is InChI=1S/C14H14N2O2.Y/c1-11(8-12-6-4-3-5-7-12)16-9-13(15-10-16)14(17)18-2;/h3-6,9-11H,1,8H2,2H3;/q-2;. The number of hydrogen-bond acceptors (Lipinski definition) is 3. The molecular weight excluding hydrogens is 317 g/mol. The van der Waals surface area contributed by atoms with E-state index < -0.39 is 5.97 Å². The van der Waals surface area contributed by atoms with Gasteiger partial charge < -0.3 is 16.2 Å². The Hall–Kier alpha value is -0.996. The number of ether oxygens (including phenoxy) is 1. The largest absolute Gasteiger partial charge is 0.464 e.